The second-order valence-electron chi connectivity index (χ2n) is 16.5. The molecule has 6 aromatic rings. The third-order valence-electron chi connectivity index (χ3n) is 12.3. The highest BCUT2D eigenvalue weighted by Gasteiger charge is 2.48. The van der Waals surface area contributed by atoms with Gasteiger partial charge < -0.3 is 4.90 Å². The van der Waals surface area contributed by atoms with Crippen LogP contribution in [0.1, 0.15) is 64.7 Å². The molecule has 0 heterocycles. The van der Waals surface area contributed by atoms with Crippen LogP contribution in [0.2, 0.25) is 0 Å². The van der Waals surface area contributed by atoms with Crippen molar-refractivity contribution in [3.05, 3.63) is 252 Å². The Labute approximate surface area is 353 Å². The van der Waals surface area contributed by atoms with Crippen LogP contribution in [0.5, 0.6) is 0 Å². The van der Waals surface area contributed by atoms with Crippen LogP contribution in [0, 0.1) is 0 Å². The average molecular weight is 768 g/mol. The van der Waals surface area contributed by atoms with Crippen molar-refractivity contribution in [2.24, 2.45) is 0 Å². The Morgan fingerprint density at radius 2 is 1.19 bits per heavy atom. The van der Waals surface area contributed by atoms with E-state index in [2.05, 4.69) is 204 Å². The Morgan fingerprint density at radius 1 is 0.644 bits per heavy atom. The molecule has 59 heavy (non-hydrogen) atoms. The number of hydrogen-bond acceptors (Lipinski definition) is 1. The zero-order valence-electron chi connectivity index (χ0n) is 35.6. The van der Waals surface area contributed by atoms with Gasteiger partial charge >= 0.3 is 0 Å². The number of fused-ring (bicyclic) bond motifs is 4. The van der Waals surface area contributed by atoms with Crippen LogP contribution in [-0.2, 0) is 10.8 Å². The molecule has 0 bridgehead atoms. The van der Waals surface area contributed by atoms with E-state index in [1.165, 1.54) is 72.6 Å². The van der Waals surface area contributed by atoms with Gasteiger partial charge in [0.1, 0.15) is 0 Å². The minimum atomic E-state index is -0.388. The molecule has 0 spiro atoms. The largest absolute Gasteiger partial charge is 0.331 e. The van der Waals surface area contributed by atoms with Crippen LogP contribution in [0.25, 0.3) is 22.3 Å². The first-order chi connectivity index (χ1) is 28.6. The van der Waals surface area contributed by atoms with Crippen molar-refractivity contribution in [1.82, 2.24) is 0 Å². The summed E-state index contributed by atoms with van der Waals surface area (Å²) in [6.07, 6.45) is 14.2. The van der Waals surface area contributed by atoms with Crippen LogP contribution >= 0.6 is 0 Å². The minimum Gasteiger partial charge on any atom is -0.331 e. The van der Waals surface area contributed by atoms with E-state index in [9.17, 15) is 0 Å². The van der Waals surface area contributed by atoms with Gasteiger partial charge in [0.25, 0.3) is 0 Å². The van der Waals surface area contributed by atoms with Gasteiger partial charge in [0.2, 0.25) is 0 Å². The van der Waals surface area contributed by atoms with Crippen molar-refractivity contribution < 1.29 is 0 Å². The Kier molecular flexibility index (Phi) is 11.9. The summed E-state index contributed by atoms with van der Waals surface area (Å²) < 4.78 is 0. The molecule has 0 saturated carbocycles. The van der Waals surface area contributed by atoms with Gasteiger partial charge in [0, 0.05) is 22.4 Å². The third kappa shape index (κ3) is 7.43. The minimum absolute atomic E-state index is 0.104. The second-order valence-corrected chi connectivity index (χ2v) is 16.5. The summed E-state index contributed by atoms with van der Waals surface area (Å²) in [5.74, 6) is 0. The van der Waals surface area contributed by atoms with E-state index < -0.39 is 0 Å². The van der Waals surface area contributed by atoms with E-state index in [-0.39, 0.29) is 16.4 Å². The number of rotatable bonds is 7. The van der Waals surface area contributed by atoms with Gasteiger partial charge in [-0.05, 0) is 96.8 Å². The lowest BCUT2D eigenvalue weighted by Gasteiger charge is -2.46. The van der Waals surface area contributed by atoms with Crippen molar-refractivity contribution in [3.63, 3.8) is 0 Å². The molecular weight excluding hydrogens is 711 g/mol. The zero-order chi connectivity index (χ0) is 41.6. The lowest BCUT2D eigenvalue weighted by molar-refractivity contribution is 0.552. The maximum Gasteiger partial charge on any atom is 0.0646 e. The van der Waals surface area contributed by atoms with E-state index in [1.54, 1.807) is 6.08 Å². The molecule has 0 aliphatic heterocycles. The van der Waals surface area contributed by atoms with Crippen molar-refractivity contribution in [1.29, 1.82) is 0 Å². The molecule has 294 valence electrons. The maximum atomic E-state index is 4.12. The molecule has 9 rings (SSSR count). The predicted octanol–water partition coefficient (Wildman–Crippen LogP) is 15.7. The number of hydrogen-bond donors (Lipinski definition) is 0. The lowest BCUT2D eigenvalue weighted by Crippen LogP contribution is -2.45. The van der Waals surface area contributed by atoms with Crippen LogP contribution < -0.4 is 4.90 Å². The van der Waals surface area contributed by atoms with Crippen molar-refractivity contribution in [3.8, 4) is 22.3 Å². The third-order valence-corrected chi connectivity index (χ3v) is 12.3. The fourth-order valence-corrected chi connectivity index (χ4v) is 9.63. The SMILES string of the molecule is C=C/C=C(\C)C1(c2ccccc2)C(C)=CC2=CCC(C)(N(c3ccc4c(c3)C(C)(C)c3ccccc3-4)c3ccccc3-c3ccccc3)C=C21.C=CC.c1ccccc1. The molecule has 0 radical (unpaired) electrons. The number of nitrogens with zero attached hydrogens (tertiary/aromatic N) is 1. The first kappa shape index (κ1) is 40.7. The molecule has 0 N–H and O–H groups in total. The van der Waals surface area contributed by atoms with Gasteiger partial charge in [0.05, 0.1) is 11.0 Å². The second kappa shape index (κ2) is 17.2. The molecule has 0 aromatic heterocycles. The Morgan fingerprint density at radius 3 is 1.83 bits per heavy atom. The molecule has 6 aromatic carbocycles. The first-order valence-corrected chi connectivity index (χ1v) is 20.9. The van der Waals surface area contributed by atoms with Gasteiger partial charge in [-0.2, -0.15) is 0 Å². The average Bonchev–Trinajstić information content (AvgIpc) is 3.68. The summed E-state index contributed by atoms with van der Waals surface area (Å²) >= 11 is 0. The standard InChI is InChI=1S/C49H45N.C6H6.C3H6/c1-7-18-34(2)49(38-21-12-9-13-22-38)35(3)31-37-29-30-48(6,33-45(37)49)50(46-26-17-15-23-40(46)36-19-10-8-11-20-36)39-27-28-42-41-24-14-16-25-43(41)47(4,5)44(42)32-39;1-2-4-6-5-3-1;1-3-2/h7-29,31-33H,1,30H2,2-6H3;1-6H;3H,1H2,2H3/b34-18+;;. The Bertz CT molecular complexity index is 2540. The monoisotopic (exact) mass is 767 g/mol. The van der Waals surface area contributed by atoms with Crippen molar-refractivity contribution >= 4 is 11.4 Å². The topological polar surface area (TPSA) is 3.24 Å². The fourth-order valence-electron chi connectivity index (χ4n) is 9.63. The molecule has 3 aliphatic carbocycles. The van der Waals surface area contributed by atoms with Gasteiger partial charge in [0.15, 0.2) is 0 Å². The highest BCUT2D eigenvalue weighted by molar-refractivity contribution is 5.88. The summed E-state index contributed by atoms with van der Waals surface area (Å²) in [7, 11) is 0. The highest BCUT2D eigenvalue weighted by atomic mass is 15.2. The molecule has 1 nitrogen and oxygen atoms in total. The lowest BCUT2D eigenvalue weighted by atomic mass is 9.64. The number of benzene rings is 6. The molecule has 0 fully saturated rings. The molecule has 3 aliphatic rings. The summed E-state index contributed by atoms with van der Waals surface area (Å²) in [5.41, 5.74) is 16.0. The fraction of sp³-hybridized carbons (Fsp3) is 0.172. The predicted molar refractivity (Wildman–Crippen MR) is 255 cm³/mol. The molecule has 1 heteroatoms. The van der Waals surface area contributed by atoms with E-state index >= 15 is 0 Å². The highest BCUT2D eigenvalue weighted by Crippen LogP contribution is 2.57. The van der Waals surface area contributed by atoms with E-state index in [4.69, 9.17) is 0 Å². The Balaban J connectivity index is 0.000000527. The van der Waals surface area contributed by atoms with E-state index in [1.807, 2.05) is 49.4 Å². The van der Waals surface area contributed by atoms with Gasteiger partial charge in [-0.25, -0.2) is 0 Å². The Hall–Kier alpha value is -6.44. The van der Waals surface area contributed by atoms with Gasteiger partial charge in [-0.1, -0.05) is 214 Å². The number of anilines is 2. The van der Waals surface area contributed by atoms with Crippen LogP contribution in [-0.4, -0.2) is 5.54 Å². The normalized spacial score (nSPS) is 19.4. The number of allylic oxidation sites excluding steroid dienone is 8. The maximum absolute atomic E-state index is 4.12. The zero-order valence-corrected chi connectivity index (χ0v) is 35.6. The molecular formula is C58H57N. The van der Waals surface area contributed by atoms with E-state index in [0.717, 1.165) is 6.42 Å². The van der Waals surface area contributed by atoms with E-state index in [0.29, 0.717) is 0 Å². The molecule has 2 atom stereocenters. The molecule has 2 unspecified atom stereocenters. The van der Waals surface area contributed by atoms with Gasteiger partial charge in [-0.15, -0.1) is 6.58 Å². The van der Waals surface area contributed by atoms with Crippen LogP contribution in [0.15, 0.2) is 236 Å². The molecule has 0 amide bonds. The smallest absolute Gasteiger partial charge is 0.0646 e. The van der Waals surface area contributed by atoms with Crippen molar-refractivity contribution in [2.75, 3.05) is 4.90 Å². The summed E-state index contributed by atoms with van der Waals surface area (Å²) in [6.45, 7) is 21.1. The summed E-state index contributed by atoms with van der Waals surface area (Å²) in [4.78, 5) is 2.63. The van der Waals surface area contributed by atoms with Crippen LogP contribution in [0.3, 0.4) is 0 Å². The summed E-state index contributed by atoms with van der Waals surface area (Å²) in [6, 6.07) is 58.9. The van der Waals surface area contributed by atoms with Crippen LogP contribution in [0.4, 0.5) is 11.4 Å². The summed E-state index contributed by atoms with van der Waals surface area (Å²) in [5, 5.41) is 0. The quantitative estimate of drug-likeness (QED) is 0.116. The number of para-hydroxylation sites is 1. The van der Waals surface area contributed by atoms with Gasteiger partial charge in [-0.3, -0.25) is 0 Å². The first-order valence-electron chi connectivity index (χ1n) is 20.9. The van der Waals surface area contributed by atoms with Crippen molar-refractivity contribution in [2.45, 2.75) is 64.3 Å². The molecule has 0 saturated heterocycles.